The number of nitrogens with one attached hydrogen (secondary N) is 2. The van der Waals surface area contributed by atoms with Crippen LogP contribution in [0.4, 0.5) is 0 Å². The molecule has 48 heavy (non-hydrogen) atoms. The lowest BCUT2D eigenvalue weighted by Crippen LogP contribution is -2.59. The number of rotatable bonds is 9. The minimum atomic E-state index is -1.56. The van der Waals surface area contributed by atoms with E-state index in [-0.39, 0.29) is 13.1 Å². The number of hydrogen-bond acceptors (Lipinski definition) is 2. The Hall–Kier alpha value is 0.434. The van der Waals surface area contributed by atoms with Gasteiger partial charge in [-0.05, 0) is 179 Å². The first-order valence-corrected chi connectivity index (χ1v) is 30.1. The van der Waals surface area contributed by atoms with Gasteiger partial charge in [-0.25, -0.2) is 0 Å². The van der Waals surface area contributed by atoms with E-state index in [2.05, 4.69) is 71.3 Å². The molecule has 3 atom stereocenters. The molecule has 10 fully saturated rings. The standard InChI is InChI=1S/C42H70N2P2Si2/c1-47(2,3)36-19-34(35(20-37(36)48(4,5)6)42(45,38-9-7-11-43-38)39-10-8-12-44-39)27-46(40-21-28-13-29(22-40)15-30(14-28)23-40)41-24-31-16-32(25-41)18-33(17-31)26-41/h19-20,28-33,38-39,43-44H,7-18,21-27,45H2,1-6H3. The van der Waals surface area contributed by atoms with Gasteiger partial charge in [-0.2, -0.15) is 0 Å². The Kier molecular flexibility index (Phi) is 8.53. The third-order valence-corrected chi connectivity index (χ3v) is 25.6. The lowest BCUT2D eigenvalue weighted by atomic mass is 9.55. The van der Waals surface area contributed by atoms with Crippen molar-refractivity contribution in [3.8, 4) is 0 Å². The molecule has 0 amide bonds. The summed E-state index contributed by atoms with van der Waals surface area (Å²) < 4.78 is 0. The molecule has 2 nitrogen and oxygen atoms in total. The first-order chi connectivity index (χ1) is 22.7. The Bertz CT molecular complexity index is 1270. The minimum Gasteiger partial charge on any atom is -0.313 e. The summed E-state index contributed by atoms with van der Waals surface area (Å²) in [6, 6.07) is 7.05. The van der Waals surface area contributed by atoms with Crippen molar-refractivity contribution in [3.63, 3.8) is 0 Å². The molecule has 3 unspecified atom stereocenters. The number of hydrogen-bond donors (Lipinski definition) is 2. The van der Waals surface area contributed by atoms with E-state index >= 15 is 0 Å². The normalized spacial score (nSPS) is 43.6. The Morgan fingerprint density at radius 3 is 1.35 bits per heavy atom. The molecular formula is C42H70N2P2Si2. The summed E-state index contributed by atoms with van der Waals surface area (Å²) in [5, 5.41) is 13.4. The van der Waals surface area contributed by atoms with Gasteiger partial charge in [0.15, 0.2) is 0 Å². The molecule has 8 saturated carbocycles. The predicted molar refractivity (Wildman–Crippen MR) is 218 cm³/mol. The molecule has 11 rings (SSSR count). The van der Waals surface area contributed by atoms with E-state index in [1.807, 2.05) is 15.9 Å². The van der Waals surface area contributed by atoms with Gasteiger partial charge in [-0.15, -0.1) is 9.24 Å². The lowest BCUT2D eigenvalue weighted by Gasteiger charge is -2.67. The van der Waals surface area contributed by atoms with Crippen LogP contribution in [0.3, 0.4) is 0 Å². The van der Waals surface area contributed by atoms with Gasteiger partial charge in [0.05, 0.1) is 16.1 Å². The zero-order valence-electron chi connectivity index (χ0n) is 31.7. The van der Waals surface area contributed by atoms with Crippen LogP contribution in [0.2, 0.25) is 39.3 Å². The summed E-state index contributed by atoms with van der Waals surface area (Å²) in [5.74, 6) is 6.38. The zero-order chi connectivity index (χ0) is 33.3. The van der Waals surface area contributed by atoms with Gasteiger partial charge in [0.2, 0.25) is 0 Å². The largest absolute Gasteiger partial charge is 0.313 e. The van der Waals surface area contributed by atoms with Crippen molar-refractivity contribution in [1.82, 2.24) is 10.6 Å². The fourth-order valence-electron chi connectivity index (χ4n) is 15.0. The summed E-state index contributed by atoms with van der Waals surface area (Å²) in [7, 11) is 0.470. The van der Waals surface area contributed by atoms with Crippen LogP contribution in [0, 0.1) is 35.5 Å². The fourth-order valence-corrected chi connectivity index (χ4v) is 26.2. The third kappa shape index (κ3) is 5.63. The monoisotopic (exact) mass is 720 g/mol. The van der Waals surface area contributed by atoms with Gasteiger partial charge in [-0.1, -0.05) is 69.7 Å². The van der Waals surface area contributed by atoms with Crippen molar-refractivity contribution < 1.29 is 0 Å². The molecule has 2 N–H and O–H groups in total. The molecule has 8 bridgehead atoms. The third-order valence-electron chi connectivity index (χ3n) is 16.1. The summed E-state index contributed by atoms with van der Waals surface area (Å²) in [6.07, 6.45) is 26.1. The quantitative estimate of drug-likeness (QED) is 0.196. The second-order valence-electron chi connectivity index (χ2n) is 21.7. The molecule has 1 aromatic carbocycles. The Labute approximate surface area is 300 Å². The molecule has 2 aliphatic heterocycles. The second-order valence-corrected chi connectivity index (χ2v) is 35.8. The van der Waals surface area contributed by atoms with Crippen molar-refractivity contribution in [2.45, 2.75) is 176 Å². The molecule has 2 saturated heterocycles. The molecule has 10 aliphatic rings. The average molecular weight is 721 g/mol. The fraction of sp³-hybridized carbons (Fsp3) is 0.857. The number of benzene rings is 1. The Balaban J connectivity index is 1.24. The van der Waals surface area contributed by atoms with E-state index in [1.54, 1.807) is 82.6 Å². The smallest absolute Gasteiger partial charge is 0.0774 e. The van der Waals surface area contributed by atoms with Crippen LogP contribution in [0.5, 0.6) is 0 Å². The zero-order valence-corrected chi connectivity index (χ0v) is 35.8. The van der Waals surface area contributed by atoms with Crippen molar-refractivity contribution in [2.24, 2.45) is 35.5 Å². The molecule has 8 aliphatic carbocycles. The molecule has 2 heterocycles. The predicted octanol–water partition coefficient (Wildman–Crippen LogP) is 9.27. The molecule has 1 aromatic rings. The highest BCUT2D eigenvalue weighted by Crippen LogP contribution is 2.80. The summed E-state index contributed by atoms with van der Waals surface area (Å²) >= 11 is 0. The van der Waals surface area contributed by atoms with Crippen LogP contribution in [0.25, 0.3) is 0 Å². The maximum atomic E-state index is 4.14. The highest BCUT2D eigenvalue weighted by molar-refractivity contribution is 7.60. The average Bonchev–Trinajstić information content (AvgIpc) is 3.73. The highest BCUT2D eigenvalue weighted by Gasteiger charge is 2.63. The van der Waals surface area contributed by atoms with Crippen molar-refractivity contribution in [3.05, 3.63) is 23.3 Å². The SMILES string of the molecule is C[Si](C)(C)c1cc(CP(C23CC4CC(CC(C4)C2)C3)C23CC4CC(CC(C4)C2)C3)c(C(P)(C2CCCN2)C2CCCN2)cc1[Si](C)(C)C. The molecule has 0 spiro atoms. The van der Waals surface area contributed by atoms with E-state index in [1.165, 1.54) is 44.9 Å². The van der Waals surface area contributed by atoms with E-state index in [4.69, 9.17) is 0 Å². The van der Waals surface area contributed by atoms with E-state index < -0.39 is 16.1 Å². The Morgan fingerprint density at radius 2 is 1.02 bits per heavy atom. The van der Waals surface area contributed by atoms with Crippen LogP contribution in [0.1, 0.15) is 114 Å². The van der Waals surface area contributed by atoms with Gasteiger partial charge >= 0.3 is 0 Å². The van der Waals surface area contributed by atoms with Crippen LogP contribution in [-0.2, 0) is 11.3 Å². The maximum absolute atomic E-state index is 4.14. The van der Waals surface area contributed by atoms with Gasteiger partial charge < -0.3 is 10.6 Å². The molecule has 0 radical (unpaired) electrons. The molecule has 0 aromatic heterocycles. The summed E-state index contributed by atoms with van der Waals surface area (Å²) in [4.78, 5) is 0. The summed E-state index contributed by atoms with van der Waals surface area (Å²) in [6.45, 7) is 18.4. The van der Waals surface area contributed by atoms with Gasteiger partial charge in [0, 0.05) is 17.2 Å². The van der Waals surface area contributed by atoms with Crippen molar-refractivity contribution in [2.75, 3.05) is 13.1 Å². The van der Waals surface area contributed by atoms with Crippen molar-refractivity contribution >= 4 is 43.7 Å². The molecule has 6 heteroatoms. The maximum Gasteiger partial charge on any atom is 0.0774 e. The minimum absolute atomic E-state index is 0.0820. The van der Waals surface area contributed by atoms with E-state index in [0.29, 0.717) is 22.4 Å². The van der Waals surface area contributed by atoms with Crippen molar-refractivity contribution in [1.29, 1.82) is 0 Å². The first-order valence-electron chi connectivity index (χ1n) is 21.0. The van der Waals surface area contributed by atoms with Crippen LogP contribution in [-0.4, -0.2) is 51.6 Å². The van der Waals surface area contributed by atoms with Gasteiger partial charge in [0.1, 0.15) is 0 Å². The molecular weight excluding hydrogens is 651 g/mol. The highest BCUT2D eigenvalue weighted by atomic mass is 31.1. The van der Waals surface area contributed by atoms with Gasteiger partial charge in [-0.3, -0.25) is 0 Å². The van der Waals surface area contributed by atoms with Crippen LogP contribution < -0.4 is 21.0 Å². The van der Waals surface area contributed by atoms with E-state index in [0.717, 1.165) is 35.5 Å². The van der Waals surface area contributed by atoms with Crippen LogP contribution in [0.15, 0.2) is 12.1 Å². The lowest BCUT2D eigenvalue weighted by molar-refractivity contribution is 0.0184. The second kappa shape index (κ2) is 12.0. The molecule has 266 valence electrons. The van der Waals surface area contributed by atoms with Gasteiger partial charge in [0.25, 0.3) is 0 Å². The Morgan fingerprint density at radius 1 is 0.646 bits per heavy atom. The summed E-state index contributed by atoms with van der Waals surface area (Å²) in [5.41, 5.74) is 3.66. The van der Waals surface area contributed by atoms with Crippen LogP contribution >= 0.6 is 17.2 Å². The van der Waals surface area contributed by atoms with E-state index in [9.17, 15) is 0 Å². The topological polar surface area (TPSA) is 24.1 Å². The first kappa shape index (κ1) is 34.2.